The molecule has 5 N–H and O–H groups in total. The summed E-state index contributed by atoms with van der Waals surface area (Å²) in [5.41, 5.74) is 8.83. The Labute approximate surface area is 97.6 Å². The van der Waals surface area contributed by atoms with Gasteiger partial charge in [0, 0.05) is 5.70 Å². The lowest BCUT2D eigenvalue weighted by Gasteiger charge is -2.06. The van der Waals surface area contributed by atoms with Gasteiger partial charge in [0.2, 0.25) is 0 Å². The molecule has 1 aromatic carbocycles. The van der Waals surface area contributed by atoms with Crippen LogP contribution in [0.4, 0.5) is 0 Å². The number of thiol groups is 1. The molecule has 3 heteroatoms. The summed E-state index contributed by atoms with van der Waals surface area (Å²) in [7, 11) is 0. The standard InChI is InChI=1S/C12H17NS.H3N/c1-9(2)7-10-3-5-11(6-4-10)12(13)8-14;/h3-6,8-9,14H,7,13H2,1-2H3;1H3/b12-8-;. The number of nitrogens with two attached hydrogens (primary N) is 1. The lowest BCUT2D eigenvalue weighted by molar-refractivity contribution is 0.647. The van der Waals surface area contributed by atoms with E-state index in [4.69, 9.17) is 5.73 Å². The first kappa shape index (κ1) is 14.1. The molecule has 0 aliphatic heterocycles. The van der Waals surface area contributed by atoms with E-state index in [1.54, 1.807) is 5.41 Å². The molecule has 0 aliphatic carbocycles. The Hall–Kier alpha value is -0.930. The van der Waals surface area contributed by atoms with Gasteiger partial charge in [-0.3, -0.25) is 0 Å². The van der Waals surface area contributed by atoms with Crippen LogP contribution in [-0.4, -0.2) is 0 Å². The van der Waals surface area contributed by atoms with E-state index in [-0.39, 0.29) is 6.15 Å². The van der Waals surface area contributed by atoms with E-state index < -0.39 is 0 Å². The molecule has 0 spiro atoms. The third-order valence-electron chi connectivity index (χ3n) is 2.07. The number of hydrogen-bond acceptors (Lipinski definition) is 3. The quantitative estimate of drug-likeness (QED) is 0.690. The van der Waals surface area contributed by atoms with Crippen molar-refractivity contribution in [2.45, 2.75) is 20.3 Å². The van der Waals surface area contributed by atoms with E-state index in [1.165, 1.54) is 5.56 Å². The Bertz CT molecular complexity index is 315. The first-order chi connectivity index (χ1) is 6.63. The molecule has 0 atom stereocenters. The highest BCUT2D eigenvalue weighted by atomic mass is 32.1. The zero-order valence-corrected chi connectivity index (χ0v) is 10.3. The predicted molar refractivity (Wildman–Crippen MR) is 71.2 cm³/mol. The van der Waals surface area contributed by atoms with Crippen LogP contribution in [0.1, 0.15) is 25.0 Å². The fourth-order valence-corrected chi connectivity index (χ4v) is 1.53. The minimum atomic E-state index is 0. The number of benzene rings is 1. The molecule has 0 fully saturated rings. The van der Waals surface area contributed by atoms with Crippen LogP contribution in [0.15, 0.2) is 29.7 Å². The SMILES string of the molecule is CC(C)Cc1ccc(/C(N)=C/S)cc1.N. The van der Waals surface area contributed by atoms with Crippen LogP contribution in [-0.2, 0) is 6.42 Å². The van der Waals surface area contributed by atoms with Gasteiger partial charge in [-0.15, -0.1) is 12.6 Å². The molecule has 0 saturated carbocycles. The van der Waals surface area contributed by atoms with Gasteiger partial charge in [-0.25, -0.2) is 0 Å². The molecular weight excluding hydrogens is 204 g/mol. The van der Waals surface area contributed by atoms with Crippen LogP contribution >= 0.6 is 12.6 Å². The van der Waals surface area contributed by atoms with Crippen molar-refractivity contribution in [3.8, 4) is 0 Å². The molecule has 0 radical (unpaired) electrons. The monoisotopic (exact) mass is 224 g/mol. The first-order valence-electron chi connectivity index (χ1n) is 4.82. The number of rotatable bonds is 3. The maximum Gasteiger partial charge on any atom is 0.0449 e. The molecule has 84 valence electrons. The Morgan fingerprint density at radius 2 is 1.87 bits per heavy atom. The first-order valence-corrected chi connectivity index (χ1v) is 5.34. The van der Waals surface area contributed by atoms with Gasteiger partial charge in [-0.1, -0.05) is 38.1 Å². The van der Waals surface area contributed by atoms with E-state index in [0.29, 0.717) is 11.6 Å². The van der Waals surface area contributed by atoms with Gasteiger partial charge in [0.1, 0.15) is 0 Å². The minimum Gasteiger partial charge on any atom is -0.398 e. The fraction of sp³-hybridized carbons (Fsp3) is 0.333. The van der Waals surface area contributed by atoms with Gasteiger partial charge in [0.15, 0.2) is 0 Å². The normalized spacial score (nSPS) is 11.3. The molecule has 0 bridgehead atoms. The second-order valence-electron chi connectivity index (χ2n) is 3.88. The summed E-state index contributed by atoms with van der Waals surface area (Å²) in [5, 5.41) is 1.62. The summed E-state index contributed by atoms with van der Waals surface area (Å²) in [4.78, 5) is 0. The van der Waals surface area contributed by atoms with Crippen molar-refractivity contribution in [1.29, 1.82) is 0 Å². The molecule has 1 rings (SSSR count). The summed E-state index contributed by atoms with van der Waals surface area (Å²) in [5.74, 6) is 0.693. The molecule has 0 amide bonds. The van der Waals surface area contributed by atoms with Gasteiger partial charge in [0.25, 0.3) is 0 Å². The van der Waals surface area contributed by atoms with Gasteiger partial charge in [-0.05, 0) is 28.9 Å². The topological polar surface area (TPSA) is 61.0 Å². The lowest BCUT2D eigenvalue weighted by atomic mass is 10.0. The van der Waals surface area contributed by atoms with Crippen molar-refractivity contribution in [2.75, 3.05) is 0 Å². The Morgan fingerprint density at radius 3 is 2.27 bits per heavy atom. The lowest BCUT2D eigenvalue weighted by Crippen LogP contribution is -1.97. The van der Waals surface area contributed by atoms with Gasteiger partial charge in [-0.2, -0.15) is 0 Å². The molecule has 0 unspecified atom stereocenters. The molecule has 0 aliphatic rings. The van der Waals surface area contributed by atoms with Crippen molar-refractivity contribution in [3.05, 3.63) is 40.8 Å². The van der Waals surface area contributed by atoms with Crippen LogP contribution in [0.25, 0.3) is 5.70 Å². The number of hydrogen-bond donors (Lipinski definition) is 3. The summed E-state index contributed by atoms with van der Waals surface area (Å²) < 4.78 is 0. The van der Waals surface area contributed by atoms with Gasteiger partial charge in [0.05, 0.1) is 0 Å². The van der Waals surface area contributed by atoms with Crippen molar-refractivity contribution in [3.63, 3.8) is 0 Å². The van der Waals surface area contributed by atoms with Crippen molar-refractivity contribution in [2.24, 2.45) is 11.7 Å². The summed E-state index contributed by atoms with van der Waals surface area (Å²) in [6.45, 7) is 4.44. The highest BCUT2D eigenvalue weighted by Crippen LogP contribution is 2.13. The van der Waals surface area contributed by atoms with E-state index in [1.807, 2.05) is 12.1 Å². The Kier molecular flexibility index (Phi) is 6.13. The van der Waals surface area contributed by atoms with Crippen LogP contribution in [0, 0.1) is 5.92 Å². The average Bonchev–Trinajstić information content (AvgIpc) is 2.17. The average molecular weight is 224 g/mol. The Balaban J connectivity index is 0.00000196. The zero-order valence-electron chi connectivity index (χ0n) is 9.40. The van der Waals surface area contributed by atoms with Crippen LogP contribution in [0.3, 0.4) is 0 Å². The van der Waals surface area contributed by atoms with Crippen molar-refractivity contribution >= 4 is 18.3 Å². The smallest absolute Gasteiger partial charge is 0.0449 e. The largest absolute Gasteiger partial charge is 0.398 e. The molecule has 0 heterocycles. The maximum atomic E-state index is 5.73. The highest BCUT2D eigenvalue weighted by molar-refractivity contribution is 7.83. The van der Waals surface area contributed by atoms with E-state index in [0.717, 1.165) is 12.0 Å². The van der Waals surface area contributed by atoms with Crippen molar-refractivity contribution < 1.29 is 0 Å². The molecule has 1 aromatic rings. The summed E-state index contributed by atoms with van der Waals surface area (Å²) in [6.07, 6.45) is 1.12. The minimum absolute atomic E-state index is 0. The van der Waals surface area contributed by atoms with E-state index >= 15 is 0 Å². The molecule has 0 aromatic heterocycles. The molecule has 2 nitrogen and oxygen atoms in total. The fourth-order valence-electron chi connectivity index (χ4n) is 1.38. The third kappa shape index (κ3) is 4.40. The third-order valence-corrected chi connectivity index (χ3v) is 2.35. The van der Waals surface area contributed by atoms with Crippen molar-refractivity contribution in [1.82, 2.24) is 6.15 Å². The molecule has 0 saturated heterocycles. The second kappa shape index (κ2) is 6.53. The van der Waals surface area contributed by atoms with Crippen LogP contribution in [0.2, 0.25) is 0 Å². The molecule has 15 heavy (non-hydrogen) atoms. The zero-order chi connectivity index (χ0) is 10.6. The maximum absolute atomic E-state index is 5.73. The predicted octanol–water partition coefficient (Wildman–Crippen LogP) is 3.23. The highest BCUT2D eigenvalue weighted by Gasteiger charge is 1.99. The summed E-state index contributed by atoms with van der Waals surface area (Å²) in [6, 6.07) is 8.33. The second-order valence-corrected chi connectivity index (χ2v) is 4.14. The summed E-state index contributed by atoms with van der Waals surface area (Å²) >= 11 is 4.02. The van der Waals surface area contributed by atoms with Crippen LogP contribution < -0.4 is 11.9 Å². The Morgan fingerprint density at radius 1 is 1.33 bits per heavy atom. The van der Waals surface area contributed by atoms with E-state index in [2.05, 4.69) is 38.6 Å². The van der Waals surface area contributed by atoms with E-state index in [9.17, 15) is 0 Å². The molecular formula is C12H20N2S. The van der Waals surface area contributed by atoms with Gasteiger partial charge >= 0.3 is 0 Å². The van der Waals surface area contributed by atoms with Crippen LogP contribution in [0.5, 0.6) is 0 Å². The van der Waals surface area contributed by atoms with Gasteiger partial charge < -0.3 is 11.9 Å².